The van der Waals surface area contributed by atoms with Crippen molar-refractivity contribution >= 4 is 17.7 Å². The topological polar surface area (TPSA) is 49.3 Å². The van der Waals surface area contributed by atoms with E-state index in [-0.39, 0.29) is 11.8 Å². The Morgan fingerprint density at radius 3 is 2.86 bits per heavy atom. The van der Waals surface area contributed by atoms with E-state index in [9.17, 15) is 9.90 Å². The summed E-state index contributed by atoms with van der Waals surface area (Å²) < 4.78 is 0. The number of hydrogen-bond acceptors (Lipinski definition) is 3. The van der Waals surface area contributed by atoms with Crippen molar-refractivity contribution in [3.63, 3.8) is 0 Å². The first-order valence-corrected chi connectivity index (χ1v) is 8.86. The highest BCUT2D eigenvalue weighted by molar-refractivity contribution is 7.99. The minimum atomic E-state index is -0.690. The number of aryl methyl sites for hydroxylation is 1. The maximum Gasteiger partial charge on any atom is 0.222 e. The fourth-order valence-electron chi connectivity index (χ4n) is 2.55. The maximum atomic E-state index is 12.1. The monoisotopic (exact) mass is 307 g/mol. The van der Waals surface area contributed by atoms with Gasteiger partial charge in [-0.2, -0.15) is 11.8 Å². The normalized spacial score (nSPS) is 23.0. The summed E-state index contributed by atoms with van der Waals surface area (Å²) in [6.45, 7) is 2.36. The van der Waals surface area contributed by atoms with Crippen LogP contribution in [0.4, 0.5) is 0 Å². The van der Waals surface area contributed by atoms with Crippen molar-refractivity contribution in [1.82, 2.24) is 5.32 Å². The van der Waals surface area contributed by atoms with Crippen LogP contribution in [-0.2, 0) is 11.2 Å². The van der Waals surface area contributed by atoms with Gasteiger partial charge in [0.1, 0.15) is 0 Å². The molecule has 2 N–H and O–H groups in total. The lowest BCUT2D eigenvalue weighted by Crippen LogP contribution is -2.44. The van der Waals surface area contributed by atoms with Gasteiger partial charge < -0.3 is 10.4 Å². The van der Waals surface area contributed by atoms with Crippen LogP contribution in [0.2, 0.25) is 0 Å². The first kappa shape index (κ1) is 16.4. The fourth-order valence-corrected chi connectivity index (χ4v) is 3.84. The van der Waals surface area contributed by atoms with E-state index in [1.54, 1.807) is 11.8 Å². The molecule has 0 spiro atoms. The standard InChI is InChI=1S/C17H25NO2S/c1-14(6-5-9-15-7-3-2-4-8-15)16(19)18-12-17(20)10-11-21-13-17/h2-4,7-8,14,20H,5-6,9-13H2,1H3,(H,18,19). The Kier molecular flexibility index (Phi) is 6.12. The summed E-state index contributed by atoms with van der Waals surface area (Å²) in [6.07, 6.45) is 3.69. The average molecular weight is 307 g/mol. The van der Waals surface area contributed by atoms with Crippen LogP contribution in [0.1, 0.15) is 31.7 Å². The Morgan fingerprint density at radius 2 is 2.19 bits per heavy atom. The summed E-state index contributed by atoms with van der Waals surface area (Å²) >= 11 is 1.75. The number of nitrogens with one attached hydrogen (secondary N) is 1. The van der Waals surface area contributed by atoms with Crippen molar-refractivity contribution in [2.45, 2.75) is 38.2 Å². The van der Waals surface area contributed by atoms with Crippen LogP contribution < -0.4 is 5.32 Å². The Balaban J connectivity index is 1.65. The minimum absolute atomic E-state index is 0.00590. The number of thioether (sulfide) groups is 1. The molecule has 1 aromatic carbocycles. The summed E-state index contributed by atoms with van der Waals surface area (Å²) in [6, 6.07) is 10.4. The van der Waals surface area contributed by atoms with Gasteiger partial charge in [-0.3, -0.25) is 4.79 Å². The number of rotatable bonds is 7. The third-order valence-electron chi connectivity index (χ3n) is 4.07. The molecule has 1 aromatic rings. The molecule has 0 aromatic heterocycles. The molecule has 1 saturated heterocycles. The lowest BCUT2D eigenvalue weighted by Gasteiger charge is -2.22. The quantitative estimate of drug-likeness (QED) is 0.814. The Hall–Kier alpha value is -1.00. The van der Waals surface area contributed by atoms with Crippen molar-refractivity contribution in [2.75, 3.05) is 18.1 Å². The van der Waals surface area contributed by atoms with Crippen LogP contribution in [0, 0.1) is 5.92 Å². The number of benzene rings is 1. The largest absolute Gasteiger partial charge is 0.387 e. The molecule has 4 heteroatoms. The summed E-state index contributed by atoms with van der Waals surface area (Å²) in [4.78, 5) is 12.1. The summed E-state index contributed by atoms with van der Waals surface area (Å²) in [5.74, 6) is 1.79. The molecule has 1 aliphatic rings. The van der Waals surface area contributed by atoms with Gasteiger partial charge in [-0.05, 0) is 37.0 Å². The van der Waals surface area contributed by atoms with Crippen molar-refractivity contribution in [1.29, 1.82) is 0 Å². The number of aliphatic hydroxyl groups is 1. The molecule has 0 saturated carbocycles. The van der Waals surface area contributed by atoms with Crippen molar-refractivity contribution < 1.29 is 9.90 Å². The van der Waals surface area contributed by atoms with Gasteiger partial charge in [-0.1, -0.05) is 37.3 Å². The van der Waals surface area contributed by atoms with Crippen LogP contribution >= 0.6 is 11.8 Å². The van der Waals surface area contributed by atoms with Crippen LogP contribution in [0.15, 0.2) is 30.3 Å². The zero-order valence-corrected chi connectivity index (χ0v) is 13.5. The highest BCUT2D eigenvalue weighted by atomic mass is 32.2. The first-order chi connectivity index (χ1) is 10.1. The van der Waals surface area contributed by atoms with E-state index in [0.717, 1.165) is 37.2 Å². The highest BCUT2D eigenvalue weighted by Gasteiger charge is 2.32. The maximum absolute atomic E-state index is 12.1. The van der Waals surface area contributed by atoms with E-state index in [0.29, 0.717) is 6.54 Å². The molecular formula is C17H25NO2S. The Morgan fingerprint density at radius 1 is 1.43 bits per heavy atom. The minimum Gasteiger partial charge on any atom is -0.387 e. The van der Waals surface area contributed by atoms with E-state index < -0.39 is 5.60 Å². The van der Waals surface area contributed by atoms with E-state index in [2.05, 4.69) is 17.4 Å². The molecule has 2 unspecified atom stereocenters. The lowest BCUT2D eigenvalue weighted by atomic mass is 9.99. The van der Waals surface area contributed by atoms with E-state index in [1.165, 1.54) is 5.56 Å². The van der Waals surface area contributed by atoms with E-state index in [1.807, 2.05) is 25.1 Å². The second kappa shape index (κ2) is 7.85. The van der Waals surface area contributed by atoms with Gasteiger partial charge in [-0.15, -0.1) is 0 Å². The van der Waals surface area contributed by atoms with Crippen molar-refractivity contribution in [3.8, 4) is 0 Å². The number of hydrogen-bond donors (Lipinski definition) is 2. The van der Waals surface area contributed by atoms with Crippen LogP contribution in [0.3, 0.4) is 0 Å². The van der Waals surface area contributed by atoms with Gasteiger partial charge in [0.2, 0.25) is 5.91 Å². The third-order valence-corrected chi connectivity index (χ3v) is 5.30. The fraction of sp³-hybridized carbons (Fsp3) is 0.588. The molecule has 3 nitrogen and oxygen atoms in total. The van der Waals surface area contributed by atoms with Crippen LogP contribution in [-0.4, -0.2) is 34.7 Å². The molecule has 116 valence electrons. The second-order valence-electron chi connectivity index (χ2n) is 6.02. The molecule has 21 heavy (non-hydrogen) atoms. The third kappa shape index (κ3) is 5.36. The summed E-state index contributed by atoms with van der Waals surface area (Å²) in [5, 5.41) is 13.1. The molecule has 0 radical (unpaired) electrons. The molecule has 1 aliphatic heterocycles. The van der Waals surface area contributed by atoms with E-state index >= 15 is 0 Å². The highest BCUT2D eigenvalue weighted by Crippen LogP contribution is 2.27. The predicted molar refractivity (Wildman–Crippen MR) is 88.4 cm³/mol. The first-order valence-electron chi connectivity index (χ1n) is 7.71. The molecule has 2 atom stereocenters. The van der Waals surface area contributed by atoms with Gasteiger partial charge in [0.25, 0.3) is 0 Å². The van der Waals surface area contributed by atoms with Gasteiger partial charge >= 0.3 is 0 Å². The Bertz CT molecular complexity index is 443. The SMILES string of the molecule is CC(CCCc1ccccc1)C(=O)NCC1(O)CCSC1. The van der Waals surface area contributed by atoms with Crippen molar-refractivity contribution in [2.24, 2.45) is 5.92 Å². The lowest BCUT2D eigenvalue weighted by molar-refractivity contribution is -0.125. The zero-order chi connectivity index (χ0) is 15.1. The molecule has 1 fully saturated rings. The number of carbonyl (C=O) groups is 1. The molecule has 0 aliphatic carbocycles. The molecule has 1 amide bonds. The van der Waals surface area contributed by atoms with Gasteiger partial charge in [0.15, 0.2) is 0 Å². The summed E-state index contributed by atoms with van der Waals surface area (Å²) in [5.41, 5.74) is 0.631. The van der Waals surface area contributed by atoms with Crippen LogP contribution in [0.25, 0.3) is 0 Å². The van der Waals surface area contributed by atoms with Gasteiger partial charge in [0, 0.05) is 18.2 Å². The summed E-state index contributed by atoms with van der Waals surface area (Å²) in [7, 11) is 0. The number of amides is 1. The predicted octanol–water partition coefficient (Wildman–Crippen LogP) is 2.63. The van der Waals surface area contributed by atoms with Gasteiger partial charge in [-0.25, -0.2) is 0 Å². The molecular weight excluding hydrogens is 282 g/mol. The smallest absolute Gasteiger partial charge is 0.222 e. The molecule has 0 bridgehead atoms. The Labute approximate surface area is 131 Å². The molecule has 1 heterocycles. The zero-order valence-electron chi connectivity index (χ0n) is 12.7. The van der Waals surface area contributed by atoms with Crippen LogP contribution in [0.5, 0.6) is 0 Å². The van der Waals surface area contributed by atoms with Crippen molar-refractivity contribution in [3.05, 3.63) is 35.9 Å². The average Bonchev–Trinajstić information content (AvgIpc) is 2.93. The van der Waals surface area contributed by atoms with E-state index in [4.69, 9.17) is 0 Å². The van der Waals surface area contributed by atoms with Gasteiger partial charge in [0.05, 0.1) is 5.60 Å². The number of carbonyl (C=O) groups excluding carboxylic acids is 1. The molecule has 2 rings (SSSR count). The second-order valence-corrected chi connectivity index (χ2v) is 7.13.